The van der Waals surface area contributed by atoms with E-state index in [1.54, 1.807) is 24.5 Å². The van der Waals surface area contributed by atoms with E-state index in [-0.39, 0.29) is 12.1 Å². The van der Waals surface area contributed by atoms with Crippen LogP contribution in [-0.2, 0) is 16.1 Å². The van der Waals surface area contributed by atoms with Crippen LogP contribution in [0.25, 0.3) is 6.08 Å². The summed E-state index contributed by atoms with van der Waals surface area (Å²) in [5.41, 5.74) is 2.43. The number of aliphatic hydroxyl groups excluding tert-OH is 1. The van der Waals surface area contributed by atoms with E-state index in [2.05, 4.69) is 11.9 Å². The van der Waals surface area contributed by atoms with Crippen LogP contribution in [0, 0.1) is 0 Å². The highest BCUT2D eigenvalue weighted by Crippen LogP contribution is 2.39. The van der Waals surface area contributed by atoms with E-state index >= 15 is 0 Å². The lowest BCUT2D eigenvalue weighted by Gasteiger charge is -2.26. The summed E-state index contributed by atoms with van der Waals surface area (Å²) in [6.07, 6.45) is 9.63. The molecule has 184 valence electrons. The molecule has 0 saturated carbocycles. The summed E-state index contributed by atoms with van der Waals surface area (Å²) >= 11 is 0. The molecular weight excluding hydrogens is 452 g/mol. The molecule has 0 spiro atoms. The van der Waals surface area contributed by atoms with E-state index < -0.39 is 23.5 Å². The second-order valence-corrected chi connectivity index (χ2v) is 8.69. The van der Waals surface area contributed by atoms with Gasteiger partial charge in [-0.15, -0.1) is 0 Å². The van der Waals surface area contributed by atoms with Crippen molar-refractivity contribution < 1.29 is 19.4 Å². The second-order valence-electron chi connectivity index (χ2n) is 8.69. The minimum atomic E-state index is -0.736. The van der Waals surface area contributed by atoms with Crippen molar-refractivity contribution in [1.29, 1.82) is 0 Å². The number of ketones is 1. The number of nitrogens with zero attached hydrogens (tertiary/aromatic N) is 2. The summed E-state index contributed by atoms with van der Waals surface area (Å²) in [4.78, 5) is 32.1. The molecule has 1 amide bonds. The van der Waals surface area contributed by atoms with Gasteiger partial charge in [0.25, 0.3) is 5.91 Å². The third kappa shape index (κ3) is 5.89. The molecule has 4 rings (SSSR count). The van der Waals surface area contributed by atoms with Crippen LogP contribution in [0.4, 0.5) is 0 Å². The lowest BCUT2D eigenvalue weighted by Crippen LogP contribution is -2.30. The monoisotopic (exact) mass is 482 g/mol. The van der Waals surface area contributed by atoms with Crippen molar-refractivity contribution in [3.63, 3.8) is 0 Å². The molecule has 1 aliphatic rings. The number of amides is 1. The summed E-state index contributed by atoms with van der Waals surface area (Å²) in [6.45, 7) is 2.98. The quantitative estimate of drug-likeness (QED) is 0.275. The highest BCUT2D eigenvalue weighted by molar-refractivity contribution is 6.14. The summed E-state index contributed by atoms with van der Waals surface area (Å²) in [5, 5.41) is 10.8. The predicted octanol–water partition coefficient (Wildman–Crippen LogP) is 5.83. The predicted molar refractivity (Wildman–Crippen MR) is 139 cm³/mol. The minimum absolute atomic E-state index is 0.0627. The number of carbonyl (C=O) groups excluding carboxylic acids is 2. The van der Waals surface area contributed by atoms with Crippen LogP contribution in [0.15, 0.2) is 96.5 Å². The Labute approximate surface area is 211 Å². The normalized spacial score (nSPS) is 15.6. The van der Waals surface area contributed by atoms with Crippen molar-refractivity contribution >= 4 is 17.8 Å². The van der Waals surface area contributed by atoms with E-state index in [0.29, 0.717) is 12.2 Å². The fraction of sp³-hybridized carbons (Fsp3) is 0.233. The number of aliphatic hydroxyl groups is 1. The highest BCUT2D eigenvalue weighted by atomic mass is 16.5. The summed E-state index contributed by atoms with van der Waals surface area (Å²) in [7, 11) is 0. The average Bonchev–Trinajstić information content (AvgIpc) is 3.16. The number of pyridine rings is 1. The van der Waals surface area contributed by atoms with E-state index in [0.717, 1.165) is 36.1 Å². The number of ether oxygens (including phenoxy) is 1. The maximum Gasteiger partial charge on any atom is 0.290 e. The first-order chi connectivity index (χ1) is 17.6. The molecule has 0 bridgehead atoms. The molecule has 0 aliphatic carbocycles. The Kier molecular flexibility index (Phi) is 8.29. The van der Waals surface area contributed by atoms with Gasteiger partial charge in [-0.3, -0.25) is 14.6 Å². The Morgan fingerprint density at radius 1 is 1.06 bits per heavy atom. The van der Waals surface area contributed by atoms with E-state index in [4.69, 9.17) is 4.74 Å². The van der Waals surface area contributed by atoms with Gasteiger partial charge in [-0.2, -0.15) is 0 Å². The first-order valence-corrected chi connectivity index (χ1v) is 12.2. The molecule has 1 aliphatic heterocycles. The molecule has 0 radical (unpaired) electrons. The SMILES string of the molecule is CCCCCOc1ccc(C2C(C(=O)C=Cc3ccccc3)=C(O)C(=O)N2Cc2cccnc2)cc1. The van der Waals surface area contributed by atoms with Crippen LogP contribution in [0.1, 0.15) is 48.9 Å². The van der Waals surface area contributed by atoms with Gasteiger partial charge in [0, 0.05) is 18.9 Å². The van der Waals surface area contributed by atoms with Gasteiger partial charge in [0.15, 0.2) is 11.5 Å². The van der Waals surface area contributed by atoms with Crippen LogP contribution in [0.2, 0.25) is 0 Å². The molecule has 2 heterocycles. The molecular formula is C30H30N2O4. The Balaban J connectivity index is 1.63. The van der Waals surface area contributed by atoms with Crippen LogP contribution < -0.4 is 4.74 Å². The average molecular weight is 483 g/mol. The molecule has 6 heteroatoms. The van der Waals surface area contributed by atoms with E-state index in [1.165, 1.54) is 11.0 Å². The zero-order chi connectivity index (χ0) is 25.3. The minimum Gasteiger partial charge on any atom is -0.503 e. The Morgan fingerprint density at radius 2 is 1.83 bits per heavy atom. The van der Waals surface area contributed by atoms with Gasteiger partial charge in [-0.05, 0) is 47.4 Å². The fourth-order valence-corrected chi connectivity index (χ4v) is 4.22. The topological polar surface area (TPSA) is 79.7 Å². The Morgan fingerprint density at radius 3 is 2.53 bits per heavy atom. The third-order valence-corrected chi connectivity index (χ3v) is 6.08. The Hall–Kier alpha value is -4.19. The fourth-order valence-electron chi connectivity index (χ4n) is 4.22. The lowest BCUT2D eigenvalue weighted by molar-refractivity contribution is -0.130. The van der Waals surface area contributed by atoms with Gasteiger partial charge < -0.3 is 14.7 Å². The van der Waals surface area contributed by atoms with Gasteiger partial charge >= 0.3 is 0 Å². The van der Waals surface area contributed by atoms with Crippen LogP contribution in [0.5, 0.6) is 5.75 Å². The number of unbranched alkanes of at least 4 members (excludes halogenated alkanes) is 2. The molecule has 6 nitrogen and oxygen atoms in total. The van der Waals surface area contributed by atoms with Gasteiger partial charge in [-0.25, -0.2) is 0 Å². The number of rotatable bonds is 11. The van der Waals surface area contributed by atoms with Crippen molar-refractivity contribution in [1.82, 2.24) is 9.88 Å². The number of benzene rings is 2. The Bertz CT molecular complexity index is 1230. The van der Waals surface area contributed by atoms with Crippen LogP contribution in [-0.4, -0.2) is 33.3 Å². The maximum atomic E-state index is 13.3. The highest BCUT2D eigenvalue weighted by Gasteiger charge is 2.42. The smallest absolute Gasteiger partial charge is 0.290 e. The van der Waals surface area contributed by atoms with Crippen molar-refractivity contribution in [2.24, 2.45) is 0 Å². The molecule has 1 atom stereocenters. The van der Waals surface area contributed by atoms with E-state index in [1.807, 2.05) is 60.7 Å². The molecule has 0 saturated heterocycles. The maximum absolute atomic E-state index is 13.3. The van der Waals surface area contributed by atoms with Gasteiger partial charge in [-0.1, -0.05) is 74.4 Å². The molecule has 1 aromatic heterocycles. The van der Waals surface area contributed by atoms with Crippen molar-refractivity contribution in [3.05, 3.63) is 113 Å². The zero-order valence-corrected chi connectivity index (χ0v) is 20.3. The molecule has 1 N–H and O–H groups in total. The van der Waals surface area contributed by atoms with Gasteiger partial charge in [0.05, 0.1) is 18.2 Å². The largest absolute Gasteiger partial charge is 0.503 e. The van der Waals surface area contributed by atoms with Crippen LogP contribution in [0.3, 0.4) is 0 Å². The molecule has 3 aromatic rings. The van der Waals surface area contributed by atoms with Crippen molar-refractivity contribution in [2.45, 2.75) is 38.8 Å². The summed E-state index contributed by atoms with van der Waals surface area (Å²) < 4.78 is 5.82. The molecule has 2 aromatic carbocycles. The lowest BCUT2D eigenvalue weighted by atomic mass is 9.95. The standard InChI is InChI=1S/C30H30N2O4/c1-2-3-7-19-36-25-15-13-24(14-16-25)28-27(26(33)17-12-22-9-5-4-6-10-22)29(34)30(35)32(28)21-23-11-8-18-31-20-23/h4-6,8-18,20,28,34H,2-3,7,19,21H2,1H3. The van der Waals surface area contributed by atoms with Crippen molar-refractivity contribution in [2.75, 3.05) is 6.61 Å². The second kappa shape index (κ2) is 12.0. The number of hydrogen-bond acceptors (Lipinski definition) is 5. The third-order valence-electron chi connectivity index (χ3n) is 6.08. The summed E-state index contributed by atoms with van der Waals surface area (Å²) in [6, 6.07) is 19.7. The van der Waals surface area contributed by atoms with Crippen molar-refractivity contribution in [3.8, 4) is 5.75 Å². The molecule has 36 heavy (non-hydrogen) atoms. The first-order valence-electron chi connectivity index (χ1n) is 12.2. The number of allylic oxidation sites excluding steroid dienone is 1. The van der Waals surface area contributed by atoms with Gasteiger partial charge in [0.1, 0.15) is 5.75 Å². The van der Waals surface area contributed by atoms with Gasteiger partial charge in [0.2, 0.25) is 0 Å². The molecule has 1 unspecified atom stereocenters. The zero-order valence-electron chi connectivity index (χ0n) is 20.3. The summed E-state index contributed by atoms with van der Waals surface area (Å²) in [5.74, 6) is -0.794. The number of carbonyl (C=O) groups is 2. The number of aromatic nitrogens is 1. The molecule has 0 fully saturated rings. The first kappa shape index (κ1) is 24.9. The van der Waals surface area contributed by atoms with E-state index in [9.17, 15) is 14.7 Å². The van der Waals surface area contributed by atoms with Crippen LogP contribution >= 0.6 is 0 Å². The number of hydrogen-bond donors (Lipinski definition) is 1.